The number of carbonyl (C=O) groups is 1. The van der Waals surface area contributed by atoms with Gasteiger partial charge in [0.2, 0.25) is 0 Å². The van der Waals surface area contributed by atoms with Crippen LogP contribution >= 0.6 is 0 Å². The van der Waals surface area contributed by atoms with E-state index in [2.05, 4.69) is 4.40 Å². The maximum Gasteiger partial charge on any atom is 0.309 e. The number of sulfonamides is 1. The van der Waals surface area contributed by atoms with Crippen LogP contribution in [0.25, 0.3) is 0 Å². The van der Waals surface area contributed by atoms with Crippen molar-refractivity contribution in [3.63, 3.8) is 0 Å². The van der Waals surface area contributed by atoms with Gasteiger partial charge in [-0.2, -0.15) is 8.42 Å². The molecule has 1 heterocycles. The zero-order chi connectivity index (χ0) is 15.0. The average Bonchev–Trinajstić information content (AvgIpc) is 2.38. The minimum absolute atomic E-state index is 0.149. The second-order valence-corrected chi connectivity index (χ2v) is 6.90. The maximum absolute atomic E-state index is 11.8. The molecule has 0 saturated carbocycles. The normalized spacial score (nSPS) is 16.8. The van der Waals surface area contributed by atoms with E-state index in [9.17, 15) is 13.2 Å². The van der Waals surface area contributed by atoms with Gasteiger partial charge >= 0.3 is 5.97 Å². The van der Waals surface area contributed by atoms with E-state index in [1.54, 1.807) is 36.9 Å². The summed E-state index contributed by atoms with van der Waals surface area (Å²) in [4.78, 5) is 12.9. The molecule has 1 aliphatic rings. The van der Waals surface area contributed by atoms with Crippen LogP contribution in [0.2, 0.25) is 0 Å². The van der Waals surface area contributed by atoms with Crippen molar-refractivity contribution in [3.8, 4) is 0 Å². The predicted octanol–water partition coefficient (Wildman–Crippen LogP) is 1.72. The van der Waals surface area contributed by atoms with Gasteiger partial charge in [0.05, 0.1) is 11.1 Å². The van der Waals surface area contributed by atoms with Crippen LogP contribution in [0.5, 0.6) is 0 Å². The molecule has 0 spiro atoms. The zero-order valence-electron chi connectivity index (χ0n) is 11.3. The van der Waals surface area contributed by atoms with Crippen LogP contribution in [0.1, 0.15) is 20.3 Å². The molecule has 0 aliphatic carbocycles. The third-order valence-electron chi connectivity index (χ3n) is 3.33. The van der Waals surface area contributed by atoms with Gasteiger partial charge in [0.25, 0.3) is 10.0 Å². The molecular formula is C13H16N2O4S. The van der Waals surface area contributed by atoms with Gasteiger partial charge in [-0.15, -0.1) is 4.40 Å². The number of aliphatic carboxylic acids is 1. The Labute approximate surface area is 117 Å². The highest BCUT2D eigenvalue weighted by molar-refractivity contribution is 7.90. The number of hydrogen-bond donors (Lipinski definition) is 1. The summed E-state index contributed by atoms with van der Waals surface area (Å²) >= 11 is 0. The molecule has 1 aliphatic heterocycles. The van der Waals surface area contributed by atoms with E-state index in [-0.39, 0.29) is 4.90 Å². The fraction of sp³-hybridized carbons (Fsp3) is 0.385. The fourth-order valence-electron chi connectivity index (χ4n) is 1.84. The van der Waals surface area contributed by atoms with E-state index in [1.807, 2.05) is 0 Å². The molecule has 1 aromatic carbocycles. The number of nitrogens with zero attached hydrogens (tertiary/aromatic N) is 2. The smallest absolute Gasteiger partial charge is 0.309 e. The minimum Gasteiger partial charge on any atom is -0.481 e. The molecule has 0 atom stereocenters. The average molecular weight is 296 g/mol. The number of hydrogen-bond acceptors (Lipinski definition) is 4. The topological polar surface area (TPSA) is 87.0 Å². The number of anilines is 1. The summed E-state index contributed by atoms with van der Waals surface area (Å²) in [7, 11) is -3.63. The SMILES string of the molecule is CC(C)(CCN1C=NS(=O)(=O)c2ccccc21)C(=O)O. The zero-order valence-corrected chi connectivity index (χ0v) is 12.1. The summed E-state index contributed by atoms with van der Waals surface area (Å²) in [5.74, 6) is -0.882. The Hall–Kier alpha value is -1.89. The lowest BCUT2D eigenvalue weighted by molar-refractivity contribution is -0.147. The summed E-state index contributed by atoms with van der Waals surface area (Å²) in [6.45, 7) is 3.66. The van der Waals surface area contributed by atoms with Gasteiger partial charge < -0.3 is 10.0 Å². The van der Waals surface area contributed by atoms with Crippen molar-refractivity contribution < 1.29 is 18.3 Å². The van der Waals surface area contributed by atoms with Crippen molar-refractivity contribution in [2.24, 2.45) is 9.81 Å². The molecule has 6 nitrogen and oxygen atoms in total. The first-order valence-electron chi connectivity index (χ1n) is 6.13. The van der Waals surface area contributed by atoms with Crippen LogP contribution in [-0.2, 0) is 14.8 Å². The number of benzene rings is 1. The van der Waals surface area contributed by atoms with Crippen molar-refractivity contribution >= 4 is 28.0 Å². The van der Waals surface area contributed by atoms with Crippen LogP contribution in [-0.4, -0.2) is 32.4 Å². The van der Waals surface area contributed by atoms with Crippen molar-refractivity contribution in [1.29, 1.82) is 0 Å². The van der Waals surface area contributed by atoms with Crippen LogP contribution in [0.3, 0.4) is 0 Å². The number of rotatable bonds is 4. The first-order valence-corrected chi connectivity index (χ1v) is 7.57. The number of carboxylic acids is 1. The lowest BCUT2D eigenvalue weighted by atomic mass is 9.89. The maximum atomic E-state index is 11.8. The van der Waals surface area contributed by atoms with Crippen LogP contribution in [0, 0.1) is 5.41 Å². The highest BCUT2D eigenvalue weighted by atomic mass is 32.2. The van der Waals surface area contributed by atoms with Gasteiger partial charge in [-0.1, -0.05) is 12.1 Å². The van der Waals surface area contributed by atoms with E-state index >= 15 is 0 Å². The van der Waals surface area contributed by atoms with E-state index < -0.39 is 21.4 Å². The third kappa shape index (κ3) is 2.67. The van der Waals surface area contributed by atoms with Crippen molar-refractivity contribution in [2.75, 3.05) is 11.4 Å². The Morgan fingerprint density at radius 1 is 1.35 bits per heavy atom. The summed E-state index contributed by atoms with van der Waals surface area (Å²) in [6.07, 6.45) is 1.62. The Morgan fingerprint density at radius 2 is 2.00 bits per heavy atom. The molecule has 7 heteroatoms. The second-order valence-electron chi connectivity index (χ2n) is 5.30. The first-order chi connectivity index (χ1) is 9.24. The molecule has 0 aromatic heterocycles. The van der Waals surface area contributed by atoms with Crippen molar-refractivity contribution in [2.45, 2.75) is 25.2 Å². The summed E-state index contributed by atoms with van der Waals surface area (Å²) in [5.41, 5.74) is -0.345. The van der Waals surface area contributed by atoms with Gasteiger partial charge in [0.1, 0.15) is 11.2 Å². The number of carboxylic acid groups (broad SMARTS) is 1. The van der Waals surface area contributed by atoms with Crippen molar-refractivity contribution in [1.82, 2.24) is 0 Å². The van der Waals surface area contributed by atoms with E-state index in [0.29, 0.717) is 18.7 Å². The van der Waals surface area contributed by atoms with Gasteiger partial charge in [-0.25, -0.2) is 0 Å². The summed E-state index contributed by atoms with van der Waals surface area (Å²) in [6, 6.07) is 6.56. The van der Waals surface area contributed by atoms with Crippen LogP contribution in [0.4, 0.5) is 5.69 Å². The minimum atomic E-state index is -3.63. The highest BCUT2D eigenvalue weighted by Crippen LogP contribution is 2.30. The Kier molecular flexibility index (Phi) is 3.56. The molecule has 2 rings (SSSR count). The van der Waals surface area contributed by atoms with Gasteiger partial charge in [0, 0.05) is 6.54 Å². The molecule has 0 fully saturated rings. The third-order valence-corrected chi connectivity index (χ3v) is 4.61. The highest BCUT2D eigenvalue weighted by Gasteiger charge is 2.30. The van der Waals surface area contributed by atoms with Crippen LogP contribution in [0.15, 0.2) is 33.6 Å². The van der Waals surface area contributed by atoms with E-state index in [4.69, 9.17) is 5.11 Å². The van der Waals surface area contributed by atoms with Gasteiger partial charge in [-0.3, -0.25) is 4.79 Å². The quantitative estimate of drug-likeness (QED) is 0.914. The Bertz CT molecular complexity index is 665. The van der Waals surface area contributed by atoms with Crippen LogP contribution < -0.4 is 4.90 Å². The first kappa shape index (κ1) is 14.5. The number of fused-ring (bicyclic) bond motifs is 1. The molecule has 0 amide bonds. The molecule has 108 valence electrons. The van der Waals surface area contributed by atoms with Crippen molar-refractivity contribution in [3.05, 3.63) is 24.3 Å². The molecule has 0 bridgehead atoms. The van der Waals surface area contributed by atoms with E-state index in [1.165, 1.54) is 12.4 Å². The molecular weight excluding hydrogens is 280 g/mol. The molecule has 1 aromatic rings. The second kappa shape index (κ2) is 4.90. The molecule has 0 saturated heterocycles. The molecule has 0 radical (unpaired) electrons. The lowest BCUT2D eigenvalue weighted by Crippen LogP contribution is -2.33. The Balaban J connectivity index is 2.26. The summed E-state index contributed by atoms with van der Waals surface area (Å²) < 4.78 is 27.2. The molecule has 20 heavy (non-hydrogen) atoms. The number of para-hydroxylation sites is 1. The van der Waals surface area contributed by atoms with Gasteiger partial charge in [0.15, 0.2) is 0 Å². The summed E-state index contributed by atoms with van der Waals surface area (Å²) in [5, 5.41) is 9.10. The fourth-order valence-corrected chi connectivity index (χ4v) is 2.89. The van der Waals surface area contributed by atoms with Gasteiger partial charge in [-0.05, 0) is 32.4 Å². The standard InChI is InChI=1S/C13H16N2O4S/c1-13(2,12(16)17)7-8-15-9-14-20(18,19)11-6-4-3-5-10(11)15/h3-6,9H,7-8H2,1-2H3,(H,16,17). The Morgan fingerprint density at radius 3 is 2.65 bits per heavy atom. The molecule has 1 N–H and O–H groups in total. The monoisotopic (exact) mass is 296 g/mol. The van der Waals surface area contributed by atoms with E-state index in [0.717, 1.165) is 0 Å². The largest absolute Gasteiger partial charge is 0.481 e. The predicted molar refractivity (Wildman–Crippen MR) is 75.5 cm³/mol. The molecule has 0 unspecified atom stereocenters. The lowest BCUT2D eigenvalue weighted by Gasteiger charge is -2.28.